The molecule has 31 heavy (non-hydrogen) atoms. The van der Waals surface area contributed by atoms with Crippen molar-refractivity contribution >= 4 is 29.0 Å². The summed E-state index contributed by atoms with van der Waals surface area (Å²) in [6.45, 7) is 2.71. The van der Waals surface area contributed by atoms with Crippen LogP contribution in [-0.2, 0) is 16.7 Å². The van der Waals surface area contributed by atoms with Crippen LogP contribution in [0, 0.1) is 5.82 Å². The summed E-state index contributed by atoms with van der Waals surface area (Å²) in [7, 11) is 1.30. The SMILES string of the molecule is C=C/C=C(\C(=C/CF)OC)c1cc(Nc2cc(CSC)cc(C(F)(F)F)n2)ncc1F. The molecule has 0 atom stereocenters. The number of nitrogens with one attached hydrogen (secondary N) is 1. The molecule has 0 unspecified atom stereocenters. The average Bonchev–Trinajstić information content (AvgIpc) is 2.71. The molecule has 0 fully saturated rings. The summed E-state index contributed by atoms with van der Waals surface area (Å²) in [6.07, 6.45) is 1.94. The molecule has 0 aromatic carbocycles. The summed E-state index contributed by atoms with van der Waals surface area (Å²) in [5.41, 5.74) is -0.448. The minimum Gasteiger partial charge on any atom is -0.496 e. The zero-order chi connectivity index (χ0) is 23.0. The minimum atomic E-state index is -4.63. The van der Waals surface area contributed by atoms with Gasteiger partial charge in [0, 0.05) is 16.9 Å². The number of ether oxygens (including phenoxy) is 1. The third-order valence-corrected chi connectivity index (χ3v) is 4.54. The van der Waals surface area contributed by atoms with Crippen molar-refractivity contribution in [3.05, 3.63) is 77.6 Å². The van der Waals surface area contributed by atoms with Crippen LogP contribution in [-0.4, -0.2) is 30.0 Å². The number of nitrogens with zero attached hydrogens (tertiary/aromatic N) is 2. The first-order chi connectivity index (χ1) is 14.7. The Balaban J connectivity index is 2.51. The molecule has 0 saturated heterocycles. The van der Waals surface area contributed by atoms with E-state index >= 15 is 0 Å². The van der Waals surface area contributed by atoms with E-state index in [0.717, 1.165) is 18.3 Å². The molecule has 2 heterocycles. The van der Waals surface area contributed by atoms with Gasteiger partial charge in [0.15, 0.2) is 0 Å². The van der Waals surface area contributed by atoms with Gasteiger partial charge in [-0.3, -0.25) is 0 Å². The van der Waals surface area contributed by atoms with Gasteiger partial charge in [-0.05, 0) is 36.1 Å². The standard InChI is InChI=1S/C21H20F5N3OS/c1-4-5-14(17(30-2)6-7-22)15-10-19(27-11-16(15)23)29-20-9-13(12-31-3)8-18(28-20)21(24,25)26/h4-6,8-11H,1,7,12H2,2-3H3,(H,27,28,29)/b14-5-,17-6+. The van der Waals surface area contributed by atoms with Crippen LogP contribution in [0.1, 0.15) is 16.8 Å². The number of anilines is 2. The van der Waals surface area contributed by atoms with Crippen molar-refractivity contribution in [2.75, 3.05) is 25.4 Å². The third-order valence-electron chi connectivity index (χ3n) is 3.92. The fourth-order valence-electron chi connectivity index (χ4n) is 2.69. The van der Waals surface area contributed by atoms with Crippen molar-refractivity contribution in [2.45, 2.75) is 11.9 Å². The number of methoxy groups -OCH3 is 1. The molecule has 1 N–H and O–H groups in total. The van der Waals surface area contributed by atoms with Gasteiger partial charge in [-0.15, -0.1) is 0 Å². The third kappa shape index (κ3) is 6.55. The van der Waals surface area contributed by atoms with Gasteiger partial charge in [0.25, 0.3) is 0 Å². The van der Waals surface area contributed by atoms with E-state index in [0.29, 0.717) is 11.3 Å². The topological polar surface area (TPSA) is 47.0 Å². The van der Waals surface area contributed by atoms with E-state index in [1.807, 2.05) is 0 Å². The summed E-state index contributed by atoms with van der Waals surface area (Å²) >= 11 is 1.36. The number of alkyl halides is 4. The van der Waals surface area contributed by atoms with E-state index in [9.17, 15) is 22.0 Å². The molecule has 0 saturated carbocycles. The largest absolute Gasteiger partial charge is 0.496 e. The summed E-state index contributed by atoms with van der Waals surface area (Å²) in [5.74, 6) is -0.369. The van der Waals surface area contributed by atoms with E-state index < -0.39 is 24.4 Å². The number of aromatic nitrogens is 2. The Kier molecular flexibility index (Phi) is 8.61. The van der Waals surface area contributed by atoms with Crippen LogP contribution < -0.4 is 5.32 Å². The monoisotopic (exact) mass is 457 g/mol. The Morgan fingerprint density at radius 2 is 2.00 bits per heavy atom. The molecule has 2 aromatic rings. The molecular weight excluding hydrogens is 437 g/mol. The molecule has 166 valence electrons. The Morgan fingerprint density at radius 3 is 2.58 bits per heavy atom. The van der Waals surface area contributed by atoms with Gasteiger partial charge in [-0.2, -0.15) is 24.9 Å². The van der Waals surface area contributed by atoms with Crippen molar-refractivity contribution in [3.63, 3.8) is 0 Å². The highest BCUT2D eigenvalue weighted by molar-refractivity contribution is 7.97. The molecule has 4 nitrogen and oxygen atoms in total. The van der Waals surface area contributed by atoms with Gasteiger partial charge < -0.3 is 10.1 Å². The lowest BCUT2D eigenvalue weighted by molar-refractivity contribution is -0.141. The second kappa shape index (κ2) is 10.9. The maximum Gasteiger partial charge on any atom is 0.433 e. The van der Waals surface area contributed by atoms with Gasteiger partial charge >= 0.3 is 6.18 Å². The lowest BCUT2D eigenvalue weighted by Crippen LogP contribution is -2.10. The number of hydrogen-bond acceptors (Lipinski definition) is 5. The lowest BCUT2D eigenvalue weighted by atomic mass is 10.0. The average molecular weight is 457 g/mol. The molecule has 0 aliphatic rings. The van der Waals surface area contributed by atoms with E-state index in [-0.39, 0.29) is 28.5 Å². The van der Waals surface area contributed by atoms with Gasteiger partial charge in [-0.1, -0.05) is 18.7 Å². The summed E-state index contributed by atoms with van der Waals surface area (Å²) < 4.78 is 72.1. The summed E-state index contributed by atoms with van der Waals surface area (Å²) in [4.78, 5) is 7.48. The van der Waals surface area contributed by atoms with Crippen molar-refractivity contribution in [1.29, 1.82) is 0 Å². The fraction of sp³-hybridized carbons (Fsp3) is 0.238. The predicted molar refractivity (Wildman–Crippen MR) is 113 cm³/mol. The van der Waals surface area contributed by atoms with E-state index in [1.54, 1.807) is 6.26 Å². The molecule has 0 bridgehead atoms. The first-order valence-electron chi connectivity index (χ1n) is 8.86. The Bertz CT molecular complexity index is 989. The van der Waals surface area contributed by atoms with E-state index in [2.05, 4.69) is 21.9 Å². The fourth-order valence-corrected chi connectivity index (χ4v) is 3.19. The molecule has 2 rings (SSSR count). The van der Waals surface area contributed by atoms with Gasteiger partial charge in [0.1, 0.15) is 35.6 Å². The Hall–Kier alpha value is -2.88. The van der Waals surface area contributed by atoms with E-state index in [1.165, 1.54) is 43.2 Å². The maximum absolute atomic E-state index is 14.5. The normalized spacial score (nSPS) is 12.6. The number of rotatable bonds is 9. The van der Waals surface area contributed by atoms with Gasteiger partial charge in [-0.25, -0.2) is 18.7 Å². The quantitative estimate of drug-likeness (QED) is 0.272. The minimum absolute atomic E-state index is 0.00439. The maximum atomic E-state index is 14.5. The highest BCUT2D eigenvalue weighted by Gasteiger charge is 2.33. The zero-order valence-corrected chi connectivity index (χ0v) is 17.6. The van der Waals surface area contributed by atoms with Crippen LogP contribution in [0.5, 0.6) is 0 Å². The highest BCUT2D eigenvalue weighted by Crippen LogP contribution is 2.32. The molecule has 0 aliphatic carbocycles. The second-order valence-electron chi connectivity index (χ2n) is 6.09. The molecule has 0 radical (unpaired) electrons. The zero-order valence-electron chi connectivity index (χ0n) is 16.8. The second-order valence-corrected chi connectivity index (χ2v) is 6.96. The van der Waals surface area contributed by atoms with Crippen molar-refractivity contribution in [2.24, 2.45) is 0 Å². The number of thioether (sulfide) groups is 1. The molecule has 10 heteroatoms. The lowest BCUT2D eigenvalue weighted by Gasteiger charge is -2.15. The molecular formula is C21H20F5N3OS. The number of allylic oxidation sites excluding steroid dienone is 4. The molecule has 0 spiro atoms. The van der Waals surface area contributed by atoms with Crippen molar-refractivity contribution in [3.8, 4) is 0 Å². The van der Waals surface area contributed by atoms with Crippen molar-refractivity contribution < 1.29 is 26.7 Å². The number of hydrogen-bond donors (Lipinski definition) is 1. The summed E-state index contributed by atoms with van der Waals surface area (Å²) in [5, 5.41) is 2.68. The highest BCUT2D eigenvalue weighted by atomic mass is 32.2. The van der Waals surface area contributed by atoms with Crippen LogP contribution in [0.4, 0.5) is 33.6 Å². The Morgan fingerprint density at radius 1 is 1.26 bits per heavy atom. The van der Waals surface area contributed by atoms with Crippen LogP contribution in [0.2, 0.25) is 0 Å². The molecule has 0 aliphatic heterocycles. The number of pyridine rings is 2. The smallest absolute Gasteiger partial charge is 0.433 e. The number of halogens is 5. The summed E-state index contributed by atoms with van der Waals surface area (Å²) in [6, 6.07) is 3.70. The first kappa shape index (κ1) is 24.4. The predicted octanol–water partition coefficient (Wildman–Crippen LogP) is 6.31. The van der Waals surface area contributed by atoms with Crippen LogP contribution in [0.15, 0.2) is 55.0 Å². The first-order valence-corrected chi connectivity index (χ1v) is 10.3. The van der Waals surface area contributed by atoms with E-state index in [4.69, 9.17) is 4.74 Å². The van der Waals surface area contributed by atoms with Crippen LogP contribution in [0.3, 0.4) is 0 Å². The molecule has 0 amide bonds. The Labute approximate surface area is 180 Å². The van der Waals surface area contributed by atoms with Crippen LogP contribution >= 0.6 is 11.8 Å². The van der Waals surface area contributed by atoms with Gasteiger partial charge in [0.05, 0.1) is 13.3 Å². The van der Waals surface area contributed by atoms with Crippen molar-refractivity contribution in [1.82, 2.24) is 9.97 Å². The molecule has 2 aromatic heterocycles. The van der Waals surface area contributed by atoms with Gasteiger partial charge in [0.2, 0.25) is 0 Å². The van der Waals surface area contributed by atoms with Crippen LogP contribution in [0.25, 0.3) is 5.57 Å².